The van der Waals surface area contributed by atoms with Crippen LogP contribution in [-0.4, -0.2) is 44.5 Å². The molecule has 4 heteroatoms. The van der Waals surface area contributed by atoms with Gasteiger partial charge < -0.3 is 9.64 Å². The first-order chi connectivity index (χ1) is 5.81. The molecule has 0 unspecified atom stereocenters. The fourth-order valence-electron chi connectivity index (χ4n) is 0.655. The highest BCUT2D eigenvalue weighted by Gasteiger charge is 2.02. The maximum absolute atomic E-state index is 7.32. The first kappa shape index (κ1) is 14.3. The van der Waals surface area contributed by atoms with E-state index >= 15 is 0 Å². The summed E-state index contributed by atoms with van der Waals surface area (Å²) in [5, 5.41) is 7.32. The van der Waals surface area contributed by atoms with Crippen LogP contribution in [0.4, 0.5) is 0 Å². The van der Waals surface area contributed by atoms with Crippen LogP contribution in [0.2, 0.25) is 0 Å². The van der Waals surface area contributed by atoms with Gasteiger partial charge in [-0.15, -0.1) is 0 Å². The van der Waals surface area contributed by atoms with E-state index in [2.05, 4.69) is 24.6 Å². The molecule has 0 aliphatic carbocycles. The monoisotopic (exact) mass is 191 g/mol. The Morgan fingerprint density at radius 2 is 1.67 bits per heavy atom. The van der Waals surface area contributed by atoms with Gasteiger partial charge in [-0.1, -0.05) is 0 Å². The van der Waals surface area contributed by atoms with E-state index in [0.29, 0.717) is 0 Å². The maximum atomic E-state index is 7.32. The maximum Gasteiger partial charge on any atom is 0.0929 e. The van der Waals surface area contributed by atoms with Crippen molar-refractivity contribution in [2.24, 2.45) is 0 Å². The Morgan fingerprint density at radius 1 is 1.33 bits per heavy atom. The standard InChI is InChI=1S/C5H11NO.C2H3N.CH4S/c1-6-2-4-7-5-3-6;1-2-3;1-2/h2-5H2,1H3;1H3;2H,1H3/p+1. The van der Waals surface area contributed by atoms with E-state index in [0.717, 1.165) is 26.3 Å². The van der Waals surface area contributed by atoms with Gasteiger partial charge in [0, 0.05) is 20.0 Å². The van der Waals surface area contributed by atoms with E-state index in [1.165, 1.54) is 6.92 Å². The van der Waals surface area contributed by atoms with Crippen LogP contribution in [-0.2, 0) is 17.4 Å². The molecule has 0 saturated carbocycles. The number of morpholine rings is 1. The third-order valence-electron chi connectivity index (χ3n) is 1.23. The lowest BCUT2D eigenvalue weighted by Gasteiger charge is -2.21. The van der Waals surface area contributed by atoms with Crippen molar-refractivity contribution in [2.75, 3.05) is 39.6 Å². The molecule has 0 aromatic rings. The number of nitriles is 1. The summed E-state index contributed by atoms with van der Waals surface area (Å²) in [6, 6.07) is 1.75. The number of hydrogen-bond donors (Lipinski definition) is 0. The summed E-state index contributed by atoms with van der Waals surface area (Å²) in [7, 11) is 2.11. The molecule has 0 aromatic heterocycles. The smallest absolute Gasteiger partial charge is 0.0929 e. The Hall–Kier alpha value is -0.240. The fraction of sp³-hybridized carbons (Fsp3) is 0.875. The van der Waals surface area contributed by atoms with Crippen LogP contribution in [0.15, 0.2) is 0 Å². The van der Waals surface area contributed by atoms with Crippen LogP contribution in [0.1, 0.15) is 6.92 Å². The number of likely N-dealkylation sites (N-methyl/N-ethyl adjacent to an activating group) is 1. The Morgan fingerprint density at radius 3 is 1.83 bits per heavy atom. The van der Waals surface area contributed by atoms with Gasteiger partial charge in [0.05, 0.1) is 25.5 Å². The Bertz CT molecular complexity index is 108. The Labute approximate surface area is 80.7 Å². The third-order valence-corrected chi connectivity index (χ3v) is 1.23. The summed E-state index contributed by atoms with van der Waals surface area (Å²) >= 11 is 2.97. The van der Waals surface area contributed by atoms with Gasteiger partial charge in [-0.2, -0.15) is 5.26 Å². The van der Waals surface area contributed by atoms with Gasteiger partial charge in [-0.3, -0.25) is 0 Å². The summed E-state index contributed by atoms with van der Waals surface area (Å²) in [4.78, 5) is 2.27. The van der Waals surface area contributed by atoms with Gasteiger partial charge in [0.15, 0.2) is 0 Å². The van der Waals surface area contributed by atoms with Gasteiger partial charge in [-0.25, -0.2) is 0 Å². The zero-order chi connectivity index (χ0) is 9.82. The van der Waals surface area contributed by atoms with Crippen LogP contribution in [0.5, 0.6) is 0 Å². The van der Waals surface area contributed by atoms with Crippen molar-refractivity contribution in [3.05, 3.63) is 0 Å². The first-order valence-corrected chi connectivity index (χ1v) is 4.88. The van der Waals surface area contributed by atoms with Gasteiger partial charge in [0.25, 0.3) is 0 Å². The van der Waals surface area contributed by atoms with Gasteiger partial charge >= 0.3 is 0 Å². The van der Waals surface area contributed by atoms with Crippen molar-refractivity contribution in [3.63, 3.8) is 0 Å². The largest absolute Gasteiger partial charge is 0.379 e. The molecule has 0 atom stereocenters. The second-order valence-electron chi connectivity index (χ2n) is 2.14. The molecule has 1 saturated heterocycles. The molecule has 12 heavy (non-hydrogen) atoms. The van der Waals surface area contributed by atoms with Crippen LogP contribution in [0.3, 0.4) is 0 Å². The molecular formula is C8H19N2OS+. The summed E-state index contributed by atoms with van der Waals surface area (Å²) in [5.41, 5.74) is 0. The lowest BCUT2D eigenvalue weighted by atomic mass is 10.5. The van der Waals surface area contributed by atoms with E-state index in [9.17, 15) is 0 Å². The zero-order valence-electron chi connectivity index (χ0n) is 8.13. The lowest BCUT2D eigenvalue weighted by molar-refractivity contribution is 0.0503. The van der Waals surface area contributed by atoms with Crippen molar-refractivity contribution in [1.29, 1.82) is 5.26 Å². The zero-order valence-corrected chi connectivity index (χ0v) is 9.13. The Kier molecular flexibility index (Phi) is 15.9. The van der Waals surface area contributed by atoms with Gasteiger partial charge in [0.1, 0.15) is 0 Å². The highest BCUT2D eigenvalue weighted by molar-refractivity contribution is 7.57. The first-order valence-electron chi connectivity index (χ1n) is 3.88. The lowest BCUT2D eigenvalue weighted by Crippen LogP contribution is -2.32. The highest BCUT2D eigenvalue weighted by atomic mass is 32.1. The van der Waals surface area contributed by atoms with Crippen LogP contribution < -0.4 is 0 Å². The SMILES string of the molecule is CC#N.CN1CCOCC1.C[SH2+]. The quantitative estimate of drug-likeness (QED) is 0.510. The Balaban J connectivity index is 0. The predicted molar refractivity (Wildman–Crippen MR) is 55.7 cm³/mol. The second-order valence-corrected chi connectivity index (χ2v) is 2.14. The molecule has 0 aromatic carbocycles. The normalized spacial score (nSPS) is 15.9. The summed E-state index contributed by atoms with van der Waals surface area (Å²) < 4.78 is 5.10. The van der Waals surface area contributed by atoms with Crippen molar-refractivity contribution < 1.29 is 4.74 Å². The molecular weight excluding hydrogens is 172 g/mol. The topological polar surface area (TPSA) is 36.3 Å². The summed E-state index contributed by atoms with van der Waals surface area (Å²) in [6.45, 7) is 5.45. The fourth-order valence-corrected chi connectivity index (χ4v) is 0.655. The molecule has 1 heterocycles. The molecule has 0 amide bonds. The third kappa shape index (κ3) is 12.4. The molecule has 0 spiro atoms. The molecule has 1 fully saturated rings. The van der Waals surface area contributed by atoms with E-state index in [1.54, 1.807) is 12.3 Å². The minimum atomic E-state index is 0.913. The van der Waals surface area contributed by atoms with E-state index < -0.39 is 0 Å². The van der Waals surface area contributed by atoms with Crippen molar-refractivity contribution in [2.45, 2.75) is 6.92 Å². The molecule has 0 bridgehead atoms. The van der Waals surface area contributed by atoms with Gasteiger partial charge in [0.2, 0.25) is 0 Å². The molecule has 1 rings (SSSR count). The van der Waals surface area contributed by atoms with E-state index in [1.807, 2.05) is 0 Å². The van der Waals surface area contributed by atoms with Crippen LogP contribution in [0.25, 0.3) is 0 Å². The molecule has 0 N–H and O–H groups in total. The van der Waals surface area contributed by atoms with Crippen molar-refractivity contribution in [1.82, 2.24) is 4.90 Å². The summed E-state index contributed by atoms with van der Waals surface area (Å²) in [5.74, 6) is 0. The van der Waals surface area contributed by atoms with Crippen molar-refractivity contribution >= 4 is 12.6 Å². The number of ether oxygens (including phenoxy) is 1. The molecule has 72 valence electrons. The molecule has 3 nitrogen and oxygen atoms in total. The number of hydrogen-bond acceptors (Lipinski definition) is 3. The van der Waals surface area contributed by atoms with E-state index in [4.69, 9.17) is 10.00 Å². The van der Waals surface area contributed by atoms with Gasteiger partial charge in [-0.05, 0) is 19.7 Å². The molecule has 1 aliphatic rings. The number of nitrogens with zero attached hydrogens (tertiary/aromatic N) is 2. The second kappa shape index (κ2) is 13.4. The predicted octanol–water partition coefficient (Wildman–Crippen LogP) is 0.106. The van der Waals surface area contributed by atoms with Crippen LogP contribution >= 0.6 is 0 Å². The highest BCUT2D eigenvalue weighted by Crippen LogP contribution is 1.89. The molecule has 0 radical (unpaired) electrons. The minimum Gasteiger partial charge on any atom is -0.379 e. The average Bonchev–Trinajstić information content (AvgIpc) is 2.11. The average molecular weight is 191 g/mol. The van der Waals surface area contributed by atoms with Crippen LogP contribution in [0, 0.1) is 11.3 Å². The summed E-state index contributed by atoms with van der Waals surface area (Å²) in [6.07, 6.45) is 1.81. The van der Waals surface area contributed by atoms with Crippen molar-refractivity contribution in [3.8, 4) is 6.07 Å². The molecule has 1 aliphatic heterocycles. The van der Waals surface area contributed by atoms with E-state index in [-0.39, 0.29) is 0 Å². The minimum absolute atomic E-state index is 0.913. The number of rotatable bonds is 0.